The van der Waals surface area contributed by atoms with Crippen molar-refractivity contribution in [2.75, 3.05) is 19.0 Å². The Balaban J connectivity index is 2.40. The second-order valence-corrected chi connectivity index (χ2v) is 3.88. The van der Waals surface area contributed by atoms with Gasteiger partial charge in [0.15, 0.2) is 0 Å². The van der Waals surface area contributed by atoms with Crippen LogP contribution in [0.2, 0.25) is 0 Å². The van der Waals surface area contributed by atoms with E-state index in [4.69, 9.17) is 4.74 Å². The number of fused-ring (bicyclic) bond motifs is 1. The first-order chi connectivity index (χ1) is 7.72. The first-order valence-corrected chi connectivity index (χ1v) is 5.33. The highest BCUT2D eigenvalue weighted by Crippen LogP contribution is 2.32. The Morgan fingerprint density at radius 3 is 3.12 bits per heavy atom. The van der Waals surface area contributed by atoms with Crippen molar-refractivity contribution in [3.63, 3.8) is 0 Å². The van der Waals surface area contributed by atoms with Crippen LogP contribution >= 0.6 is 0 Å². The Hall–Kier alpha value is -1.58. The fraction of sp³-hybridized carbons (Fsp3) is 0.417. The largest absolute Gasteiger partial charge is 0.469 e. The van der Waals surface area contributed by atoms with Crippen molar-refractivity contribution in [1.82, 2.24) is 0 Å². The molecule has 1 heterocycles. The van der Waals surface area contributed by atoms with E-state index in [0.717, 1.165) is 24.9 Å². The molecule has 0 bridgehead atoms. The SMILES string of the molecule is COC(=O)C1CCCNc2cc(F)ccc21. The number of ether oxygens (including phenoxy) is 1. The topological polar surface area (TPSA) is 38.3 Å². The summed E-state index contributed by atoms with van der Waals surface area (Å²) in [5.41, 5.74) is 1.53. The van der Waals surface area contributed by atoms with E-state index >= 15 is 0 Å². The first-order valence-electron chi connectivity index (χ1n) is 5.33. The third-order valence-corrected chi connectivity index (χ3v) is 2.86. The number of halogens is 1. The quantitative estimate of drug-likeness (QED) is 0.742. The molecule has 2 rings (SSSR count). The summed E-state index contributed by atoms with van der Waals surface area (Å²) in [6.45, 7) is 0.754. The Bertz CT molecular complexity index is 406. The number of hydrogen-bond acceptors (Lipinski definition) is 3. The number of methoxy groups -OCH3 is 1. The molecule has 1 aromatic carbocycles. The molecule has 0 aromatic heterocycles. The maximum Gasteiger partial charge on any atom is 0.313 e. The number of esters is 1. The van der Waals surface area contributed by atoms with Gasteiger partial charge in [0.05, 0.1) is 13.0 Å². The second-order valence-electron chi connectivity index (χ2n) is 3.88. The predicted molar refractivity (Wildman–Crippen MR) is 58.9 cm³/mol. The number of carbonyl (C=O) groups is 1. The summed E-state index contributed by atoms with van der Waals surface area (Å²) in [5, 5.41) is 3.13. The van der Waals surface area contributed by atoms with E-state index in [-0.39, 0.29) is 17.7 Å². The summed E-state index contributed by atoms with van der Waals surface area (Å²) < 4.78 is 17.9. The highest BCUT2D eigenvalue weighted by atomic mass is 19.1. The van der Waals surface area contributed by atoms with Gasteiger partial charge >= 0.3 is 5.97 Å². The molecule has 1 aromatic rings. The molecule has 86 valence electrons. The molecule has 0 amide bonds. The van der Waals surface area contributed by atoms with Crippen LogP contribution in [0.5, 0.6) is 0 Å². The Labute approximate surface area is 93.6 Å². The molecule has 0 radical (unpaired) electrons. The number of nitrogens with one attached hydrogen (secondary N) is 1. The number of benzene rings is 1. The summed E-state index contributed by atoms with van der Waals surface area (Å²) in [6.07, 6.45) is 1.61. The zero-order valence-electron chi connectivity index (χ0n) is 9.13. The summed E-state index contributed by atoms with van der Waals surface area (Å²) in [4.78, 5) is 11.6. The molecule has 1 atom stereocenters. The molecular weight excluding hydrogens is 209 g/mol. The minimum absolute atomic E-state index is 0.253. The van der Waals surface area contributed by atoms with Crippen molar-refractivity contribution >= 4 is 11.7 Å². The minimum atomic E-state index is -0.295. The van der Waals surface area contributed by atoms with Gasteiger partial charge in [-0.2, -0.15) is 0 Å². The van der Waals surface area contributed by atoms with E-state index in [1.165, 1.54) is 19.2 Å². The van der Waals surface area contributed by atoms with Crippen molar-refractivity contribution < 1.29 is 13.9 Å². The van der Waals surface area contributed by atoms with Crippen molar-refractivity contribution in [2.24, 2.45) is 0 Å². The van der Waals surface area contributed by atoms with Crippen LogP contribution in [0, 0.1) is 5.82 Å². The molecule has 4 heteroatoms. The Morgan fingerprint density at radius 1 is 1.56 bits per heavy atom. The van der Waals surface area contributed by atoms with Gasteiger partial charge in [0.25, 0.3) is 0 Å². The zero-order valence-corrected chi connectivity index (χ0v) is 9.13. The lowest BCUT2D eigenvalue weighted by molar-refractivity contribution is -0.142. The van der Waals surface area contributed by atoms with E-state index in [1.807, 2.05) is 0 Å². The van der Waals surface area contributed by atoms with E-state index in [9.17, 15) is 9.18 Å². The third-order valence-electron chi connectivity index (χ3n) is 2.86. The van der Waals surface area contributed by atoms with Gasteiger partial charge in [0.1, 0.15) is 5.82 Å². The van der Waals surface area contributed by atoms with Crippen LogP contribution in [-0.2, 0) is 9.53 Å². The lowest BCUT2D eigenvalue weighted by Crippen LogP contribution is -2.14. The van der Waals surface area contributed by atoms with Crippen molar-refractivity contribution in [2.45, 2.75) is 18.8 Å². The molecule has 0 saturated heterocycles. The van der Waals surface area contributed by atoms with Crippen LogP contribution in [-0.4, -0.2) is 19.6 Å². The lowest BCUT2D eigenvalue weighted by atomic mass is 9.94. The molecule has 0 aliphatic carbocycles. The average molecular weight is 223 g/mol. The molecule has 1 aliphatic rings. The highest BCUT2D eigenvalue weighted by Gasteiger charge is 2.25. The van der Waals surface area contributed by atoms with Crippen molar-refractivity contribution in [1.29, 1.82) is 0 Å². The minimum Gasteiger partial charge on any atom is -0.469 e. The van der Waals surface area contributed by atoms with Gasteiger partial charge in [-0.15, -0.1) is 0 Å². The highest BCUT2D eigenvalue weighted by molar-refractivity contribution is 5.81. The smallest absolute Gasteiger partial charge is 0.313 e. The van der Waals surface area contributed by atoms with Crippen LogP contribution in [0.1, 0.15) is 24.3 Å². The van der Waals surface area contributed by atoms with Gasteiger partial charge in [-0.25, -0.2) is 4.39 Å². The molecule has 1 aliphatic heterocycles. The van der Waals surface area contributed by atoms with Crippen LogP contribution in [0.3, 0.4) is 0 Å². The van der Waals surface area contributed by atoms with Crippen LogP contribution in [0.15, 0.2) is 18.2 Å². The molecule has 16 heavy (non-hydrogen) atoms. The Kier molecular flexibility index (Phi) is 3.08. The van der Waals surface area contributed by atoms with Gasteiger partial charge in [0, 0.05) is 12.2 Å². The normalized spacial score (nSPS) is 19.2. The third kappa shape index (κ3) is 2.01. The standard InChI is InChI=1S/C12H14FNO2/c1-16-12(15)10-3-2-6-14-11-7-8(13)4-5-9(10)11/h4-5,7,10,14H,2-3,6H2,1H3. The van der Waals surface area contributed by atoms with Crippen molar-refractivity contribution in [3.8, 4) is 0 Å². The number of anilines is 1. The van der Waals surface area contributed by atoms with Crippen LogP contribution in [0.4, 0.5) is 10.1 Å². The molecule has 1 N–H and O–H groups in total. The molecular formula is C12H14FNO2. The number of carbonyl (C=O) groups excluding carboxylic acids is 1. The number of hydrogen-bond donors (Lipinski definition) is 1. The molecule has 0 spiro atoms. The molecule has 0 saturated carbocycles. The predicted octanol–water partition coefficient (Wildman–Crippen LogP) is 2.29. The first kappa shape index (κ1) is 10.9. The maximum absolute atomic E-state index is 13.1. The van der Waals surface area contributed by atoms with E-state index < -0.39 is 0 Å². The zero-order chi connectivity index (χ0) is 11.5. The van der Waals surface area contributed by atoms with Gasteiger partial charge in [-0.05, 0) is 30.5 Å². The van der Waals surface area contributed by atoms with E-state index in [2.05, 4.69) is 5.32 Å². The number of rotatable bonds is 1. The van der Waals surface area contributed by atoms with E-state index in [0.29, 0.717) is 5.69 Å². The fourth-order valence-corrected chi connectivity index (χ4v) is 2.06. The van der Waals surface area contributed by atoms with E-state index in [1.54, 1.807) is 6.07 Å². The summed E-state index contributed by atoms with van der Waals surface area (Å²) >= 11 is 0. The van der Waals surface area contributed by atoms with Gasteiger partial charge in [-0.1, -0.05) is 6.07 Å². The lowest BCUT2D eigenvalue weighted by Gasteiger charge is -2.14. The molecule has 0 fully saturated rings. The second kappa shape index (κ2) is 4.51. The van der Waals surface area contributed by atoms with Gasteiger partial charge < -0.3 is 10.1 Å². The average Bonchev–Trinajstić information content (AvgIpc) is 2.49. The van der Waals surface area contributed by atoms with Gasteiger partial charge in [-0.3, -0.25) is 4.79 Å². The Morgan fingerprint density at radius 2 is 2.38 bits per heavy atom. The summed E-state index contributed by atoms with van der Waals surface area (Å²) in [6, 6.07) is 4.46. The fourth-order valence-electron chi connectivity index (χ4n) is 2.06. The molecule has 3 nitrogen and oxygen atoms in total. The maximum atomic E-state index is 13.1. The van der Waals surface area contributed by atoms with Crippen LogP contribution in [0.25, 0.3) is 0 Å². The monoisotopic (exact) mass is 223 g/mol. The summed E-state index contributed by atoms with van der Waals surface area (Å²) in [5.74, 6) is -0.830. The van der Waals surface area contributed by atoms with Crippen molar-refractivity contribution in [3.05, 3.63) is 29.6 Å². The van der Waals surface area contributed by atoms with Gasteiger partial charge in [0.2, 0.25) is 0 Å². The van der Waals surface area contributed by atoms with Crippen LogP contribution < -0.4 is 5.32 Å². The summed E-state index contributed by atoms with van der Waals surface area (Å²) in [7, 11) is 1.38. The molecule has 1 unspecified atom stereocenters.